The second-order valence-corrected chi connectivity index (χ2v) is 10.9. The molecule has 0 aliphatic heterocycles. The molecular weight excluding hydrogens is 390 g/mol. The SMILES string of the molecule is CC(=O)C(CN[Si](C)(C)C)C(F)(F)F.CO.NCC(C(=O)O)C(F)(F)F. The van der Waals surface area contributed by atoms with Gasteiger partial charge in [-0.1, -0.05) is 19.6 Å². The van der Waals surface area contributed by atoms with Crippen LogP contribution in [-0.2, 0) is 9.59 Å². The molecule has 0 bridgehead atoms. The number of halogens is 6. The highest BCUT2D eigenvalue weighted by atomic mass is 28.3. The second kappa shape index (κ2) is 12.2. The molecule has 0 amide bonds. The summed E-state index contributed by atoms with van der Waals surface area (Å²) in [4.78, 5) is 23.3. The fourth-order valence-corrected chi connectivity index (χ4v) is 2.09. The zero-order valence-corrected chi connectivity index (χ0v) is 16.1. The third-order valence-electron chi connectivity index (χ3n) is 2.65. The van der Waals surface area contributed by atoms with E-state index in [2.05, 4.69) is 10.7 Å². The first-order valence-electron chi connectivity index (χ1n) is 7.20. The van der Waals surface area contributed by atoms with Gasteiger partial charge >= 0.3 is 18.3 Å². The molecule has 0 radical (unpaired) electrons. The molecule has 0 aliphatic carbocycles. The third kappa shape index (κ3) is 15.1. The zero-order valence-electron chi connectivity index (χ0n) is 15.1. The molecule has 5 N–H and O–H groups in total. The molecule has 2 unspecified atom stereocenters. The summed E-state index contributed by atoms with van der Waals surface area (Å²) >= 11 is 0. The van der Waals surface area contributed by atoms with E-state index in [0.717, 1.165) is 14.0 Å². The zero-order chi connectivity index (χ0) is 21.9. The van der Waals surface area contributed by atoms with Gasteiger partial charge in [-0.3, -0.25) is 9.59 Å². The molecule has 0 aromatic rings. The Labute approximate surface area is 148 Å². The lowest BCUT2D eigenvalue weighted by atomic mass is 10.1. The van der Waals surface area contributed by atoms with Gasteiger partial charge in [-0.2, -0.15) is 26.3 Å². The minimum absolute atomic E-state index is 0.297. The molecule has 6 nitrogen and oxygen atoms in total. The topological polar surface area (TPSA) is 113 Å². The number of aliphatic carboxylic acids is 1. The van der Waals surface area contributed by atoms with Gasteiger partial charge in [0.2, 0.25) is 0 Å². The Morgan fingerprint density at radius 3 is 1.46 bits per heavy atom. The number of hydrogen-bond acceptors (Lipinski definition) is 5. The number of carbonyl (C=O) groups excluding carboxylic acids is 1. The predicted molar refractivity (Wildman–Crippen MR) is 86.0 cm³/mol. The van der Waals surface area contributed by atoms with Crippen LogP contribution < -0.4 is 10.7 Å². The van der Waals surface area contributed by atoms with E-state index in [-0.39, 0.29) is 6.54 Å². The Bertz CT molecular complexity index is 424. The van der Waals surface area contributed by atoms with Crippen molar-refractivity contribution in [2.45, 2.75) is 38.9 Å². The number of hydrogen-bond donors (Lipinski definition) is 4. The Balaban J connectivity index is -0.000000388. The van der Waals surface area contributed by atoms with E-state index in [9.17, 15) is 35.9 Å². The van der Waals surface area contributed by atoms with Crippen molar-refractivity contribution in [1.82, 2.24) is 4.98 Å². The van der Waals surface area contributed by atoms with Crippen LogP contribution in [0.2, 0.25) is 19.6 Å². The van der Waals surface area contributed by atoms with E-state index >= 15 is 0 Å². The van der Waals surface area contributed by atoms with Crippen LogP contribution in [0.1, 0.15) is 6.92 Å². The van der Waals surface area contributed by atoms with Crippen molar-refractivity contribution < 1.29 is 46.1 Å². The molecule has 0 fully saturated rings. The molecule has 0 aliphatic rings. The van der Waals surface area contributed by atoms with Crippen molar-refractivity contribution in [2.24, 2.45) is 17.6 Å². The first kappa shape index (κ1) is 29.6. The maximum absolute atomic E-state index is 12.3. The van der Waals surface area contributed by atoms with Crippen molar-refractivity contribution in [1.29, 1.82) is 0 Å². The number of rotatable bonds is 6. The van der Waals surface area contributed by atoms with Crippen LogP contribution in [0.25, 0.3) is 0 Å². The molecule has 26 heavy (non-hydrogen) atoms. The number of alkyl halides is 6. The van der Waals surface area contributed by atoms with Crippen molar-refractivity contribution in [3.8, 4) is 0 Å². The maximum Gasteiger partial charge on any atom is 0.403 e. The van der Waals surface area contributed by atoms with E-state index in [4.69, 9.17) is 10.2 Å². The average Bonchev–Trinajstić information content (AvgIpc) is 2.36. The van der Waals surface area contributed by atoms with E-state index < -0.39 is 50.7 Å². The Morgan fingerprint density at radius 1 is 1.00 bits per heavy atom. The van der Waals surface area contributed by atoms with Crippen LogP contribution in [0, 0.1) is 11.8 Å². The van der Waals surface area contributed by atoms with E-state index in [1.54, 1.807) is 0 Å². The molecule has 2 atom stereocenters. The number of Topliss-reactive ketones (excluding diaryl/α,β-unsaturated/α-hetero) is 1. The Hall–Kier alpha value is -1.18. The van der Waals surface area contributed by atoms with Crippen LogP contribution in [0.3, 0.4) is 0 Å². The normalized spacial score (nSPS) is 14.2. The molecule has 0 heterocycles. The minimum Gasteiger partial charge on any atom is -0.481 e. The Kier molecular flexibility index (Phi) is 13.9. The van der Waals surface area contributed by atoms with Crippen LogP contribution in [-0.4, -0.2) is 62.8 Å². The van der Waals surface area contributed by atoms with Gasteiger partial charge in [-0.15, -0.1) is 0 Å². The predicted octanol–water partition coefficient (Wildman–Crippen LogP) is 2.00. The number of carbonyl (C=O) groups is 2. The fourth-order valence-electron chi connectivity index (χ4n) is 1.27. The van der Waals surface area contributed by atoms with Crippen molar-refractivity contribution in [2.75, 3.05) is 20.2 Å². The number of ketones is 1. The lowest BCUT2D eigenvalue weighted by molar-refractivity contribution is -0.191. The highest BCUT2D eigenvalue weighted by molar-refractivity contribution is 6.73. The third-order valence-corrected chi connectivity index (χ3v) is 3.92. The van der Waals surface area contributed by atoms with Crippen LogP contribution in [0.15, 0.2) is 0 Å². The van der Waals surface area contributed by atoms with Gasteiger partial charge in [0, 0.05) is 20.2 Å². The summed E-state index contributed by atoms with van der Waals surface area (Å²) in [5, 5.41) is 14.9. The van der Waals surface area contributed by atoms with Crippen LogP contribution >= 0.6 is 0 Å². The largest absolute Gasteiger partial charge is 0.481 e. The number of carboxylic acid groups (broad SMARTS) is 1. The molecular formula is C13H26F6N2O4Si. The fraction of sp³-hybridized carbons (Fsp3) is 0.846. The molecule has 0 saturated heterocycles. The first-order chi connectivity index (χ1) is 11.4. The van der Waals surface area contributed by atoms with Crippen LogP contribution in [0.5, 0.6) is 0 Å². The molecule has 13 heteroatoms. The quantitative estimate of drug-likeness (QED) is 0.389. The van der Waals surface area contributed by atoms with E-state index in [1.165, 1.54) is 0 Å². The summed E-state index contributed by atoms with van der Waals surface area (Å²) in [6.45, 7) is 5.43. The van der Waals surface area contributed by atoms with E-state index in [0.29, 0.717) is 0 Å². The minimum atomic E-state index is -4.74. The molecule has 0 rings (SSSR count). The summed E-state index contributed by atoms with van der Waals surface area (Å²) in [5.74, 6) is -7.07. The van der Waals surface area contributed by atoms with Gasteiger partial charge in [0.25, 0.3) is 0 Å². The van der Waals surface area contributed by atoms with Crippen LogP contribution in [0.4, 0.5) is 26.3 Å². The number of aliphatic hydroxyl groups is 1. The summed E-state index contributed by atoms with van der Waals surface area (Å²) in [6, 6.07) is 0. The average molecular weight is 416 g/mol. The van der Waals surface area contributed by atoms with Gasteiger partial charge in [-0.25, -0.2) is 0 Å². The smallest absolute Gasteiger partial charge is 0.403 e. The van der Waals surface area contributed by atoms with Gasteiger partial charge in [0.05, 0.1) is 0 Å². The van der Waals surface area contributed by atoms with Crippen molar-refractivity contribution >= 4 is 20.0 Å². The van der Waals surface area contributed by atoms with E-state index in [1.807, 2.05) is 19.6 Å². The van der Waals surface area contributed by atoms with Crippen molar-refractivity contribution in [3.05, 3.63) is 0 Å². The second-order valence-electron chi connectivity index (χ2n) is 6.00. The highest BCUT2D eigenvalue weighted by Gasteiger charge is 2.44. The van der Waals surface area contributed by atoms with Gasteiger partial charge in [0.15, 0.2) is 5.92 Å². The monoisotopic (exact) mass is 416 g/mol. The number of nitrogens with two attached hydrogens (primary N) is 1. The van der Waals surface area contributed by atoms with Gasteiger partial charge < -0.3 is 20.9 Å². The molecule has 0 saturated carbocycles. The highest BCUT2D eigenvalue weighted by Crippen LogP contribution is 2.26. The summed E-state index contributed by atoms with van der Waals surface area (Å²) in [5.41, 5.74) is 4.56. The molecule has 0 aromatic carbocycles. The first-order valence-corrected chi connectivity index (χ1v) is 10.7. The van der Waals surface area contributed by atoms with Gasteiger partial charge in [0.1, 0.15) is 19.9 Å². The maximum atomic E-state index is 12.3. The lowest BCUT2D eigenvalue weighted by Crippen LogP contribution is -2.48. The summed E-state index contributed by atoms with van der Waals surface area (Å²) in [7, 11) is -0.747. The van der Waals surface area contributed by atoms with Crippen molar-refractivity contribution in [3.63, 3.8) is 0 Å². The number of nitrogens with one attached hydrogen (secondary N) is 1. The standard InChI is InChI=1S/C8H16F3NOSi.C4H6F3NO2.CH4O/c1-6(13)7(8(9,10)11)5-12-14(2,3)4;5-4(6,7)2(1-8)3(9)10;1-2/h7,12H,5H2,1-4H3;2H,1,8H2,(H,9,10);2H,1H3. The number of aliphatic hydroxyl groups excluding tert-OH is 1. The lowest BCUT2D eigenvalue weighted by Gasteiger charge is -2.23. The summed E-state index contributed by atoms with van der Waals surface area (Å²) < 4.78 is 71.4. The molecule has 0 spiro atoms. The molecule has 158 valence electrons. The van der Waals surface area contributed by atoms with Gasteiger partial charge in [-0.05, 0) is 6.92 Å². The Morgan fingerprint density at radius 2 is 1.35 bits per heavy atom. The molecule has 0 aromatic heterocycles. The summed E-state index contributed by atoms with van der Waals surface area (Å²) in [6.07, 6.45) is -9.17. The number of carboxylic acids is 1.